The summed E-state index contributed by atoms with van der Waals surface area (Å²) in [6.45, 7) is 28.9. The quantitative estimate of drug-likeness (QED) is 0.132. The summed E-state index contributed by atoms with van der Waals surface area (Å²) in [6, 6.07) is 1.38. The van der Waals surface area contributed by atoms with E-state index in [0.717, 1.165) is 0 Å². The maximum Gasteiger partial charge on any atom is 0.564 e. The van der Waals surface area contributed by atoms with Crippen LogP contribution in [0, 0.1) is 19.2 Å². The van der Waals surface area contributed by atoms with Gasteiger partial charge in [-0.2, -0.15) is 4.67 Å². The van der Waals surface area contributed by atoms with Crippen LogP contribution in [0.3, 0.4) is 0 Å². The molecule has 3 nitrogen and oxygen atoms in total. The van der Waals surface area contributed by atoms with Gasteiger partial charge >= 0.3 is 32.0 Å². The van der Waals surface area contributed by atoms with E-state index < -0.39 is 9.39 Å². The van der Waals surface area contributed by atoms with Gasteiger partial charge in [-0.05, 0) is 66.5 Å². The first-order valence-corrected chi connectivity index (χ1v) is 15.8. The van der Waals surface area contributed by atoms with Gasteiger partial charge in [-0.15, -0.1) is 0 Å². The summed E-state index contributed by atoms with van der Waals surface area (Å²) in [6.07, 6.45) is 0. The fraction of sp³-hybridized carbons (Fsp3) is 0.611. The summed E-state index contributed by atoms with van der Waals surface area (Å²) in [5, 5.41) is 0. The predicted octanol–water partition coefficient (Wildman–Crippen LogP) is 7.19. The van der Waals surface area contributed by atoms with E-state index in [0.29, 0.717) is 12.1 Å². The molecule has 10 heteroatoms. The minimum absolute atomic E-state index is 0. The van der Waals surface area contributed by atoms with Crippen LogP contribution < -0.4 is 0 Å². The third-order valence-corrected chi connectivity index (χ3v) is 5.60. The number of nitrogens with zero attached hydrogens (tertiary/aromatic N) is 1. The van der Waals surface area contributed by atoms with E-state index in [9.17, 15) is 0 Å². The number of hydrogen-bond acceptors (Lipinski definition) is 1. The minimum atomic E-state index is -2.94. The van der Waals surface area contributed by atoms with Gasteiger partial charge in [0.2, 0.25) is 0 Å². The van der Waals surface area contributed by atoms with Gasteiger partial charge in [-0.1, -0.05) is 18.1 Å². The SMILES string of the molecule is CC(C)N([PH3+])C(C)C.C[C]1C(C)=C(C)C(C)=C1C.[C-]#[O+].[C-]#[O+].[Cl][Al-]([Cl])([Cl])[Cl].[Os]. The first kappa shape index (κ1) is 40.1. The molecule has 1 aliphatic carbocycles. The van der Waals surface area contributed by atoms with E-state index in [2.05, 4.69) is 80.3 Å². The van der Waals surface area contributed by atoms with Crippen molar-refractivity contribution in [2.45, 2.75) is 74.4 Å². The van der Waals surface area contributed by atoms with Crippen LogP contribution in [-0.4, -0.2) is 26.1 Å². The molecule has 0 fully saturated rings. The van der Waals surface area contributed by atoms with Crippen molar-refractivity contribution in [3.8, 4) is 0 Å². The summed E-state index contributed by atoms with van der Waals surface area (Å²) >= 11 is 0. The van der Waals surface area contributed by atoms with Gasteiger partial charge in [0.05, 0.1) is 0 Å². The van der Waals surface area contributed by atoms with Crippen molar-refractivity contribution in [2.24, 2.45) is 0 Å². The standard InChI is InChI=1S/C10H15.C6H16NP.2CO.Al.4ClH.Os/c1-6-7(2)9(4)10(5)8(6)3;1-5(2)7(8)6(3)4;2*1-2;;;;;;/h1-5H3;5-6H,8H2,1-4H3;;;;4*1H;/q;;;;+3;;;;;/p-3. The van der Waals surface area contributed by atoms with Gasteiger partial charge < -0.3 is 40.2 Å². The largest absolute Gasteiger partial charge is 0.564 e. The van der Waals surface area contributed by atoms with E-state index in [1.165, 1.54) is 28.2 Å². The van der Waals surface area contributed by atoms with Crippen molar-refractivity contribution >= 4 is 59.0 Å². The molecule has 1 aliphatic rings. The minimum Gasteiger partial charge on any atom is -0.391 e. The molecule has 0 heterocycles. The van der Waals surface area contributed by atoms with E-state index in [-0.39, 0.29) is 19.8 Å². The fourth-order valence-electron chi connectivity index (χ4n) is 2.00. The number of allylic oxidation sites excluding steroid dienone is 4. The molecule has 0 bridgehead atoms. The zero-order chi connectivity index (χ0) is 23.1. The molecule has 0 aromatic carbocycles. The third kappa shape index (κ3) is 22.4. The second-order valence-electron chi connectivity index (χ2n) is 6.32. The Balaban J connectivity index is -0.0000000887. The molecular formula is C18H32AlCl4NO2OsP. The van der Waals surface area contributed by atoms with Gasteiger partial charge in [0.25, 0.3) is 0 Å². The molecule has 28 heavy (non-hydrogen) atoms. The Morgan fingerprint density at radius 3 is 0.929 bits per heavy atom. The number of hydrogen-bond donors (Lipinski definition) is 0. The number of rotatable bonds is 2. The Bertz CT molecular complexity index is 475. The molecular weight excluding hydrogens is 652 g/mol. The van der Waals surface area contributed by atoms with E-state index in [1.54, 1.807) is 0 Å². The molecule has 1 unspecified atom stereocenters. The molecule has 0 saturated carbocycles. The molecule has 0 saturated heterocycles. The average Bonchev–Trinajstić information content (AvgIpc) is 2.74. The molecule has 0 amide bonds. The van der Waals surface area contributed by atoms with Crippen LogP contribution in [0.1, 0.15) is 62.3 Å². The van der Waals surface area contributed by atoms with Gasteiger partial charge in [-0.25, -0.2) is 0 Å². The van der Waals surface area contributed by atoms with Crippen LogP contribution in [0.2, 0.25) is 0 Å². The molecule has 0 spiro atoms. The summed E-state index contributed by atoms with van der Waals surface area (Å²) in [7, 11) is 19.0. The third-order valence-electron chi connectivity index (χ3n) is 4.14. The monoisotopic (exact) mass is 684 g/mol. The molecule has 165 valence electrons. The normalized spacial score (nSPS) is 13.4. The summed E-state index contributed by atoms with van der Waals surface area (Å²) in [5.41, 5.74) is 5.87. The van der Waals surface area contributed by atoms with E-state index in [1.807, 2.05) is 9.39 Å². The Hall–Kier alpha value is 1.68. The molecule has 1 radical (unpaired) electrons. The molecule has 0 aromatic heterocycles. The van der Waals surface area contributed by atoms with E-state index >= 15 is 0 Å². The van der Waals surface area contributed by atoms with Crippen molar-refractivity contribution in [1.82, 2.24) is 4.67 Å². The summed E-state index contributed by atoms with van der Waals surface area (Å²) in [5.74, 6) is 1.47. The topological polar surface area (TPSA) is 43.0 Å². The van der Waals surface area contributed by atoms with Crippen LogP contribution in [0.15, 0.2) is 22.3 Å². The predicted molar refractivity (Wildman–Crippen MR) is 126 cm³/mol. The Labute approximate surface area is 207 Å². The van der Waals surface area contributed by atoms with Crippen molar-refractivity contribution in [2.75, 3.05) is 0 Å². The van der Waals surface area contributed by atoms with Gasteiger partial charge in [0, 0.05) is 47.2 Å². The fourth-order valence-corrected chi connectivity index (χ4v) is 2.00. The van der Waals surface area contributed by atoms with Gasteiger partial charge in [-0.3, -0.25) is 0 Å². The second kappa shape index (κ2) is 21.9. The smallest absolute Gasteiger partial charge is 0.391 e. The van der Waals surface area contributed by atoms with Crippen molar-refractivity contribution < 1.29 is 29.1 Å². The molecule has 0 aromatic rings. The van der Waals surface area contributed by atoms with E-state index in [4.69, 9.17) is 49.5 Å². The van der Waals surface area contributed by atoms with Crippen molar-refractivity contribution in [3.05, 3.63) is 41.5 Å². The number of halogens is 4. The Kier molecular flexibility index (Phi) is 31.3. The zero-order valence-corrected chi connectivity index (χ0v) is 26.2. The van der Waals surface area contributed by atoms with Crippen LogP contribution in [0.25, 0.3) is 0 Å². The van der Waals surface area contributed by atoms with Crippen LogP contribution in [0.4, 0.5) is 0 Å². The van der Waals surface area contributed by atoms with Crippen LogP contribution in [-0.2, 0) is 29.1 Å². The van der Waals surface area contributed by atoms with Crippen molar-refractivity contribution in [1.29, 1.82) is 0 Å². The van der Waals surface area contributed by atoms with Crippen molar-refractivity contribution in [3.63, 3.8) is 0 Å². The van der Waals surface area contributed by atoms with Gasteiger partial charge in [0.1, 0.15) is 0 Å². The average molecular weight is 684 g/mol. The maximum absolute atomic E-state index is 7.50. The Morgan fingerprint density at radius 2 is 0.893 bits per heavy atom. The van der Waals surface area contributed by atoms with Crippen LogP contribution in [0.5, 0.6) is 0 Å². The maximum atomic E-state index is 7.50. The molecule has 0 N–H and O–H groups in total. The summed E-state index contributed by atoms with van der Waals surface area (Å²) in [4.78, 5) is 0. The van der Waals surface area contributed by atoms with Crippen LogP contribution >= 0.6 is 49.6 Å². The second-order valence-corrected chi connectivity index (χ2v) is 19.9. The zero-order valence-electron chi connectivity index (χ0n) is 18.1. The molecule has 1 atom stereocenters. The first-order chi connectivity index (χ1) is 12.1. The molecule has 1 rings (SSSR count). The summed E-state index contributed by atoms with van der Waals surface area (Å²) < 4.78 is 17.4. The van der Waals surface area contributed by atoms with Gasteiger partial charge in [0.15, 0.2) is 0 Å². The molecule has 0 aliphatic heterocycles. The first-order valence-electron chi connectivity index (χ1n) is 8.17. The Morgan fingerprint density at radius 1 is 0.714 bits per heavy atom.